The van der Waals surface area contributed by atoms with Crippen LogP contribution in [0.1, 0.15) is 48.9 Å². The van der Waals surface area contributed by atoms with E-state index >= 15 is 0 Å². The maximum atomic E-state index is 14.5. The topological polar surface area (TPSA) is 112 Å². The van der Waals surface area contributed by atoms with Crippen molar-refractivity contribution in [1.82, 2.24) is 4.57 Å². The average Bonchev–Trinajstić information content (AvgIpc) is 3.32. The molecule has 1 heterocycles. The Balaban J connectivity index is 2.03. The minimum absolute atomic E-state index is 0.191. The van der Waals surface area contributed by atoms with Gasteiger partial charge in [-0.25, -0.2) is 8.78 Å². The maximum Gasteiger partial charge on any atom is 0.305 e. The summed E-state index contributed by atoms with van der Waals surface area (Å²) in [6.07, 6.45) is -0.295. The summed E-state index contributed by atoms with van der Waals surface area (Å²) in [5.74, 6) is -2.67. The predicted octanol–water partition coefficient (Wildman–Crippen LogP) is 6.49. The number of carbonyl (C=O) groups excluding carboxylic acids is 1. The zero-order valence-electron chi connectivity index (χ0n) is 24.5. The molecule has 0 aliphatic rings. The lowest BCUT2D eigenvalue weighted by Crippen LogP contribution is -2.32. The predicted molar refractivity (Wildman–Crippen MR) is 164 cm³/mol. The molecule has 1 aromatic heterocycles. The normalized spacial score (nSPS) is 12.9. The monoisotopic (exact) mass is 604 g/mol. The number of aliphatic carboxylic acids is 1. The summed E-state index contributed by atoms with van der Waals surface area (Å²) in [6.45, 7) is 3.73. The second kappa shape index (κ2) is 14.2. The van der Waals surface area contributed by atoms with E-state index in [4.69, 9.17) is 9.94 Å². The van der Waals surface area contributed by atoms with Crippen molar-refractivity contribution < 1.29 is 38.5 Å². The van der Waals surface area contributed by atoms with E-state index in [0.29, 0.717) is 33.6 Å². The molecular weight excluding hydrogens is 570 g/mol. The molecule has 0 bridgehead atoms. The van der Waals surface area contributed by atoms with Crippen LogP contribution >= 0.6 is 0 Å². The molecule has 8 nitrogen and oxygen atoms in total. The van der Waals surface area contributed by atoms with Gasteiger partial charge in [-0.05, 0) is 67.4 Å². The molecule has 4 rings (SSSR count). The second-order valence-corrected chi connectivity index (χ2v) is 10.5. The van der Waals surface area contributed by atoms with Gasteiger partial charge in [0.15, 0.2) is 0 Å². The number of nitrogens with zero attached hydrogens (tertiary/aromatic N) is 2. The third-order valence-electron chi connectivity index (χ3n) is 6.99. The summed E-state index contributed by atoms with van der Waals surface area (Å²) in [4.78, 5) is 31.1. The zero-order chi connectivity index (χ0) is 32.0. The Morgan fingerprint density at radius 1 is 0.886 bits per heavy atom. The molecule has 230 valence electrons. The lowest BCUT2D eigenvalue weighted by molar-refractivity contribution is -0.139. The fourth-order valence-corrected chi connectivity index (χ4v) is 5.13. The Bertz CT molecular complexity index is 1620. The summed E-state index contributed by atoms with van der Waals surface area (Å²) >= 11 is 0. The van der Waals surface area contributed by atoms with Crippen LogP contribution < -0.4 is 5.06 Å². The highest BCUT2D eigenvalue weighted by atomic mass is 19.1. The van der Waals surface area contributed by atoms with Crippen LogP contribution in [-0.2, 0) is 9.63 Å². The van der Waals surface area contributed by atoms with Gasteiger partial charge in [0.25, 0.3) is 5.91 Å². The smallest absolute Gasteiger partial charge is 0.305 e. The summed E-state index contributed by atoms with van der Waals surface area (Å²) in [5.41, 5.74) is 3.10. The Hall–Kier alpha value is -4.64. The molecule has 4 aromatic rings. The molecule has 10 heteroatoms. The van der Waals surface area contributed by atoms with Crippen molar-refractivity contribution in [2.75, 3.05) is 12.2 Å². The van der Waals surface area contributed by atoms with E-state index in [0.717, 1.165) is 5.06 Å². The third kappa shape index (κ3) is 7.28. The van der Waals surface area contributed by atoms with Crippen LogP contribution in [0.5, 0.6) is 0 Å². The molecule has 2 unspecified atom stereocenters. The number of hydroxylamine groups is 1. The molecule has 3 aromatic carbocycles. The first-order valence-corrected chi connectivity index (χ1v) is 14.0. The second-order valence-electron chi connectivity index (χ2n) is 10.5. The Labute approximate surface area is 254 Å². The SMILES string of the molecule is CON(C(=O)c1c(-c2ccc(F)cc2)c(-c2ccc(F)cc2)c(C=CC(O)CC(O)CC(=O)O)n1C(C)C)c1ccccc1. The number of carbonyl (C=O) groups is 2. The highest BCUT2D eigenvalue weighted by molar-refractivity contribution is 6.12. The molecule has 3 N–H and O–H groups in total. The summed E-state index contributed by atoms with van der Waals surface area (Å²) in [6, 6.07) is 19.7. The average molecular weight is 605 g/mol. The van der Waals surface area contributed by atoms with Gasteiger partial charge in [-0.2, -0.15) is 5.06 Å². The van der Waals surface area contributed by atoms with E-state index in [1.165, 1.54) is 37.5 Å². The van der Waals surface area contributed by atoms with Gasteiger partial charge < -0.3 is 19.9 Å². The quantitative estimate of drug-likeness (QED) is 0.160. The molecule has 44 heavy (non-hydrogen) atoms. The Kier molecular flexibility index (Phi) is 10.4. The first-order chi connectivity index (χ1) is 21.0. The van der Waals surface area contributed by atoms with E-state index in [1.807, 2.05) is 13.8 Å². The van der Waals surface area contributed by atoms with Crippen LogP contribution in [0, 0.1) is 11.6 Å². The molecule has 0 aliphatic heterocycles. The van der Waals surface area contributed by atoms with Crippen molar-refractivity contribution in [3.8, 4) is 22.3 Å². The number of aliphatic hydroxyl groups excluding tert-OH is 2. The van der Waals surface area contributed by atoms with Crippen molar-refractivity contribution in [1.29, 1.82) is 0 Å². The number of aliphatic hydroxyl groups is 2. The van der Waals surface area contributed by atoms with Gasteiger partial charge in [0.05, 0.1) is 31.4 Å². The van der Waals surface area contributed by atoms with Gasteiger partial charge in [0.2, 0.25) is 0 Å². The minimum Gasteiger partial charge on any atom is -0.481 e. The number of rotatable bonds is 12. The van der Waals surface area contributed by atoms with E-state index in [9.17, 15) is 28.6 Å². The summed E-state index contributed by atoms with van der Waals surface area (Å²) < 4.78 is 29.9. The number of carboxylic acid groups (broad SMARTS) is 1. The number of anilines is 1. The minimum atomic E-state index is -1.28. The van der Waals surface area contributed by atoms with Crippen molar-refractivity contribution in [3.63, 3.8) is 0 Å². The van der Waals surface area contributed by atoms with Crippen molar-refractivity contribution in [2.45, 2.75) is 44.9 Å². The summed E-state index contributed by atoms with van der Waals surface area (Å²) in [7, 11) is 1.37. The Morgan fingerprint density at radius 2 is 1.43 bits per heavy atom. The van der Waals surface area contributed by atoms with Gasteiger partial charge in [-0.3, -0.25) is 14.4 Å². The number of benzene rings is 3. The molecule has 0 fully saturated rings. The first kappa shape index (κ1) is 32.3. The van der Waals surface area contributed by atoms with Gasteiger partial charge >= 0.3 is 5.97 Å². The van der Waals surface area contributed by atoms with Crippen LogP contribution in [0.3, 0.4) is 0 Å². The van der Waals surface area contributed by atoms with Crippen molar-refractivity contribution in [3.05, 3.63) is 108 Å². The van der Waals surface area contributed by atoms with Gasteiger partial charge in [-0.1, -0.05) is 48.5 Å². The van der Waals surface area contributed by atoms with Crippen molar-refractivity contribution in [2.24, 2.45) is 0 Å². The maximum absolute atomic E-state index is 14.5. The van der Waals surface area contributed by atoms with Crippen LogP contribution in [0.2, 0.25) is 0 Å². The number of amides is 1. The summed E-state index contributed by atoms with van der Waals surface area (Å²) in [5, 5.41) is 30.9. The number of hydrogen-bond acceptors (Lipinski definition) is 5. The third-order valence-corrected chi connectivity index (χ3v) is 6.99. The molecule has 0 saturated heterocycles. The van der Waals surface area contributed by atoms with E-state index in [-0.39, 0.29) is 18.2 Å². The molecular formula is C34H34F2N2O6. The fourth-order valence-electron chi connectivity index (χ4n) is 5.13. The van der Waals surface area contributed by atoms with Crippen LogP contribution in [-0.4, -0.2) is 51.1 Å². The highest BCUT2D eigenvalue weighted by Crippen LogP contribution is 2.43. The van der Waals surface area contributed by atoms with Crippen LogP contribution in [0.25, 0.3) is 28.3 Å². The number of carboxylic acids is 1. The zero-order valence-corrected chi connectivity index (χ0v) is 24.5. The first-order valence-electron chi connectivity index (χ1n) is 14.0. The van der Waals surface area contributed by atoms with Crippen molar-refractivity contribution >= 4 is 23.6 Å². The molecule has 0 aliphatic carbocycles. The Morgan fingerprint density at radius 3 is 1.93 bits per heavy atom. The largest absolute Gasteiger partial charge is 0.481 e. The number of aromatic nitrogens is 1. The van der Waals surface area contributed by atoms with Crippen LogP contribution in [0.4, 0.5) is 14.5 Å². The lowest BCUT2D eigenvalue weighted by Gasteiger charge is -2.23. The fraction of sp³-hybridized carbons (Fsp3) is 0.235. The number of halogens is 2. The van der Waals surface area contributed by atoms with Gasteiger partial charge in [-0.15, -0.1) is 0 Å². The molecule has 0 radical (unpaired) electrons. The standard InChI is InChI=1S/C34H34F2N2O6/c1-21(2)37-29(18-17-27(39)19-28(40)20-30(41)42)31(22-9-13-24(35)14-10-22)32(23-11-15-25(36)16-12-23)33(37)34(43)38(44-3)26-7-5-4-6-8-26/h4-18,21,27-28,39-40H,19-20H2,1-3H3,(H,41,42). The number of hydrogen-bond donors (Lipinski definition) is 3. The van der Waals surface area contributed by atoms with Gasteiger partial charge in [0, 0.05) is 29.3 Å². The highest BCUT2D eigenvalue weighted by Gasteiger charge is 2.33. The number of para-hydroxylation sites is 1. The van der Waals surface area contributed by atoms with Crippen LogP contribution in [0.15, 0.2) is 84.9 Å². The van der Waals surface area contributed by atoms with E-state index < -0.39 is 42.1 Å². The lowest BCUT2D eigenvalue weighted by atomic mass is 9.94. The molecule has 0 spiro atoms. The van der Waals surface area contributed by atoms with Gasteiger partial charge in [0.1, 0.15) is 17.3 Å². The molecule has 2 atom stereocenters. The van der Waals surface area contributed by atoms with E-state index in [1.54, 1.807) is 65.2 Å². The molecule has 0 saturated carbocycles. The van der Waals surface area contributed by atoms with E-state index in [2.05, 4.69) is 0 Å². The molecule has 1 amide bonds.